The minimum atomic E-state index is 0.0437. The predicted octanol–water partition coefficient (Wildman–Crippen LogP) is 5.89. The maximum Gasteiger partial charge on any atom is 0.254 e. The number of amides is 1. The van der Waals surface area contributed by atoms with Gasteiger partial charge >= 0.3 is 0 Å². The fourth-order valence-corrected chi connectivity index (χ4v) is 3.79. The number of furan rings is 1. The van der Waals surface area contributed by atoms with E-state index in [2.05, 4.69) is 0 Å². The quantitative estimate of drug-likeness (QED) is 0.265. The maximum absolute atomic E-state index is 13.3. The average Bonchev–Trinajstić information content (AvgIpc) is 3.52. The van der Waals surface area contributed by atoms with Crippen LogP contribution in [0.3, 0.4) is 0 Å². The van der Waals surface area contributed by atoms with Gasteiger partial charge in [0.25, 0.3) is 5.91 Å². The smallest absolute Gasteiger partial charge is 0.254 e. The fourth-order valence-electron chi connectivity index (χ4n) is 3.79. The van der Waals surface area contributed by atoms with Gasteiger partial charge in [-0.3, -0.25) is 4.79 Å². The number of carbonyl (C=O) groups excluding carboxylic acids is 2. The largest absolute Gasteiger partial charge is 0.493 e. The predicted molar refractivity (Wildman–Crippen MR) is 124 cm³/mol. The summed E-state index contributed by atoms with van der Waals surface area (Å²) in [6.07, 6.45) is 8.08. The maximum atomic E-state index is 13.3. The third-order valence-electron chi connectivity index (χ3n) is 5.72. The van der Waals surface area contributed by atoms with Crippen molar-refractivity contribution < 1.29 is 18.7 Å². The van der Waals surface area contributed by atoms with Crippen molar-refractivity contribution in [1.29, 1.82) is 0 Å². The van der Waals surface area contributed by atoms with Gasteiger partial charge in [0.05, 0.1) is 12.9 Å². The standard InChI is InChI=1S/C27H29NO4/c29-17-5-1-2-6-18-31-26-9-4-3-8-23(26)20-28(24-15-16-24)27(30)22-13-11-21(12-14-22)25-10-7-19-32-25/h3-4,7-14,17,19,24H,1-2,5-6,15-16,18,20H2. The molecule has 166 valence electrons. The molecule has 0 saturated heterocycles. The summed E-state index contributed by atoms with van der Waals surface area (Å²) >= 11 is 0. The molecule has 3 aromatic rings. The van der Waals surface area contributed by atoms with Crippen molar-refractivity contribution in [2.45, 2.75) is 51.1 Å². The van der Waals surface area contributed by atoms with Crippen LogP contribution in [0.15, 0.2) is 71.3 Å². The average molecular weight is 432 g/mol. The lowest BCUT2D eigenvalue weighted by Crippen LogP contribution is -2.32. The van der Waals surface area contributed by atoms with Crippen LogP contribution in [0.4, 0.5) is 0 Å². The molecule has 5 nitrogen and oxygen atoms in total. The van der Waals surface area contributed by atoms with E-state index >= 15 is 0 Å². The zero-order valence-corrected chi connectivity index (χ0v) is 18.2. The van der Waals surface area contributed by atoms with Gasteiger partial charge in [0.2, 0.25) is 0 Å². The SMILES string of the molecule is O=CCCCCCOc1ccccc1CN(C(=O)c1ccc(-c2ccco2)cc1)C1CC1. The van der Waals surface area contributed by atoms with Gasteiger partial charge < -0.3 is 18.8 Å². The van der Waals surface area contributed by atoms with Gasteiger partial charge in [0.15, 0.2) is 0 Å². The highest BCUT2D eigenvalue weighted by Gasteiger charge is 2.33. The number of carbonyl (C=O) groups is 2. The molecule has 0 spiro atoms. The van der Waals surface area contributed by atoms with Crippen molar-refractivity contribution >= 4 is 12.2 Å². The van der Waals surface area contributed by atoms with Crippen LogP contribution in [-0.4, -0.2) is 29.7 Å². The number of benzene rings is 2. The van der Waals surface area contributed by atoms with Gasteiger partial charge in [0.1, 0.15) is 17.8 Å². The molecule has 1 amide bonds. The van der Waals surface area contributed by atoms with E-state index in [9.17, 15) is 9.59 Å². The minimum Gasteiger partial charge on any atom is -0.493 e. The van der Waals surface area contributed by atoms with Gasteiger partial charge in [-0.05, 0) is 62.4 Å². The first-order valence-corrected chi connectivity index (χ1v) is 11.4. The molecule has 5 heteroatoms. The molecule has 4 rings (SSSR count). The molecule has 1 fully saturated rings. The summed E-state index contributed by atoms with van der Waals surface area (Å²) < 4.78 is 11.5. The Hall–Kier alpha value is -3.34. The zero-order chi connectivity index (χ0) is 22.2. The van der Waals surface area contributed by atoms with Crippen molar-refractivity contribution in [2.75, 3.05) is 6.61 Å². The Balaban J connectivity index is 1.41. The summed E-state index contributed by atoms with van der Waals surface area (Å²) in [5, 5.41) is 0. The van der Waals surface area contributed by atoms with Gasteiger partial charge in [0, 0.05) is 35.7 Å². The van der Waals surface area contributed by atoms with Gasteiger partial charge in [-0.1, -0.05) is 30.3 Å². The van der Waals surface area contributed by atoms with Crippen molar-refractivity contribution in [3.63, 3.8) is 0 Å². The Labute approximate surface area is 189 Å². The lowest BCUT2D eigenvalue weighted by atomic mass is 10.1. The number of hydrogen-bond donors (Lipinski definition) is 0. The van der Waals surface area contributed by atoms with Crippen LogP contribution in [0.2, 0.25) is 0 Å². The third kappa shape index (κ3) is 5.67. The normalized spacial score (nSPS) is 13.0. The molecule has 32 heavy (non-hydrogen) atoms. The van der Waals surface area contributed by atoms with E-state index in [1.165, 1.54) is 0 Å². The molecule has 1 aromatic heterocycles. The molecule has 1 saturated carbocycles. The van der Waals surface area contributed by atoms with Crippen LogP contribution in [0.1, 0.15) is 54.4 Å². The summed E-state index contributed by atoms with van der Waals surface area (Å²) in [6, 6.07) is 19.6. The first kappa shape index (κ1) is 21.9. The summed E-state index contributed by atoms with van der Waals surface area (Å²) in [5.41, 5.74) is 2.66. The monoisotopic (exact) mass is 431 g/mol. The van der Waals surface area contributed by atoms with Crippen LogP contribution in [0.5, 0.6) is 5.75 Å². The van der Waals surface area contributed by atoms with E-state index in [4.69, 9.17) is 9.15 Å². The molecule has 2 aromatic carbocycles. The number of nitrogens with zero attached hydrogens (tertiary/aromatic N) is 1. The molecule has 0 unspecified atom stereocenters. The first-order chi connectivity index (χ1) is 15.8. The van der Waals surface area contributed by atoms with E-state index in [1.807, 2.05) is 65.6 Å². The second-order valence-corrected chi connectivity index (χ2v) is 8.19. The number of ether oxygens (including phenoxy) is 1. The molecule has 0 atom stereocenters. The lowest BCUT2D eigenvalue weighted by molar-refractivity contribution is -0.107. The number of para-hydroxylation sites is 1. The van der Waals surface area contributed by atoms with E-state index in [-0.39, 0.29) is 11.9 Å². The highest BCUT2D eigenvalue weighted by Crippen LogP contribution is 2.32. The molecule has 1 aliphatic rings. The molecular formula is C27H29NO4. The zero-order valence-electron chi connectivity index (χ0n) is 18.2. The second kappa shape index (κ2) is 10.8. The van der Waals surface area contributed by atoms with Crippen molar-refractivity contribution in [3.8, 4) is 17.1 Å². The Bertz CT molecular complexity index is 1010. The van der Waals surface area contributed by atoms with Crippen molar-refractivity contribution in [3.05, 3.63) is 78.1 Å². The Morgan fingerprint density at radius 2 is 1.81 bits per heavy atom. The van der Waals surface area contributed by atoms with E-state index in [0.29, 0.717) is 25.1 Å². The van der Waals surface area contributed by atoms with E-state index in [1.54, 1.807) is 6.26 Å². The van der Waals surface area contributed by atoms with Crippen LogP contribution in [0.25, 0.3) is 11.3 Å². The third-order valence-corrected chi connectivity index (χ3v) is 5.72. The number of unbranched alkanes of at least 4 members (excludes halogenated alkanes) is 3. The fraction of sp³-hybridized carbons (Fsp3) is 0.333. The van der Waals surface area contributed by atoms with Crippen LogP contribution >= 0.6 is 0 Å². The lowest BCUT2D eigenvalue weighted by Gasteiger charge is -2.24. The van der Waals surface area contributed by atoms with Crippen molar-refractivity contribution in [1.82, 2.24) is 4.90 Å². The molecule has 0 N–H and O–H groups in total. The highest BCUT2D eigenvalue weighted by molar-refractivity contribution is 5.95. The minimum absolute atomic E-state index is 0.0437. The van der Waals surface area contributed by atoms with Gasteiger partial charge in [-0.15, -0.1) is 0 Å². The molecule has 0 aliphatic heterocycles. The topological polar surface area (TPSA) is 59.8 Å². The summed E-state index contributed by atoms with van der Waals surface area (Å²) in [6.45, 7) is 1.15. The summed E-state index contributed by atoms with van der Waals surface area (Å²) in [5.74, 6) is 1.66. The number of rotatable bonds is 12. The van der Waals surface area contributed by atoms with Crippen LogP contribution in [0, 0.1) is 0 Å². The molecule has 0 radical (unpaired) electrons. The molecular weight excluding hydrogens is 402 g/mol. The number of aldehydes is 1. The van der Waals surface area contributed by atoms with Crippen molar-refractivity contribution in [2.24, 2.45) is 0 Å². The van der Waals surface area contributed by atoms with E-state index in [0.717, 1.165) is 61.0 Å². The van der Waals surface area contributed by atoms with E-state index < -0.39 is 0 Å². The summed E-state index contributed by atoms with van der Waals surface area (Å²) in [7, 11) is 0. The van der Waals surface area contributed by atoms with Gasteiger partial charge in [-0.2, -0.15) is 0 Å². The first-order valence-electron chi connectivity index (χ1n) is 11.4. The Morgan fingerprint density at radius 1 is 1.00 bits per heavy atom. The second-order valence-electron chi connectivity index (χ2n) is 8.19. The number of hydrogen-bond acceptors (Lipinski definition) is 4. The summed E-state index contributed by atoms with van der Waals surface area (Å²) in [4.78, 5) is 25.7. The Morgan fingerprint density at radius 3 is 2.53 bits per heavy atom. The van der Waals surface area contributed by atoms with Crippen LogP contribution in [-0.2, 0) is 11.3 Å². The van der Waals surface area contributed by atoms with Gasteiger partial charge in [-0.25, -0.2) is 0 Å². The molecule has 0 bridgehead atoms. The van der Waals surface area contributed by atoms with Crippen LogP contribution < -0.4 is 4.74 Å². The molecule has 1 aliphatic carbocycles. The Kier molecular flexibility index (Phi) is 7.38. The highest BCUT2D eigenvalue weighted by atomic mass is 16.5. The molecule has 1 heterocycles.